The molecule has 2 aromatic carbocycles. The lowest BCUT2D eigenvalue weighted by Crippen LogP contribution is -2.67. The van der Waals surface area contributed by atoms with Crippen LogP contribution in [0.5, 0.6) is 0 Å². The summed E-state index contributed by atoms with van der Waals surface area (Å²) in [5, 5.41) is 6.17. The number of nitrogens with zero attached hydrogens (tertiary/aromatic N) is 3. The van der Waals surface area contributed by atoms with E-state index < -0.39 is 23.7 Å². The molecule has 0 radical (unpaired) electrons. The van der Waals surface area contributed by atoms with Gasteiger partial charge in [-0.15, -0.1) is 0 Å². The van der Waals surface area contributed by atoms with Crippen molar-refractivity contribution in [3.05, 3.63) is 83.9 Å². The van der Waals surface area contributed by atoms with E-state index in [1.54, 1.807) is 17.4 Å². The molecule has 1 aliphatic carbocycles. The number of benzene rings is 2. The largest absolute Gasteiger partial charge is 0.349 e. The Kier molecular flexibility index (Phi) is 7.53. The highest BCUT2D eigenvalue weighted by atomic mass is 16.2. The molecule has 0 spiro atoms. The van der Waals surface area contributed by atoms with Gasteiger partial charge in [0.25, 0.3) is 0 Å². The van der Waals surface area contributed by atoms with Crippen LogP contribution in [0.3, 0.4) is 0 Å². The van der Waals surface area contributed by atoms with E-state index in [-0.39, 0.29) is 29.6 Å². The van der Waals surface area contributed by atoms with Gasteiger partial charge in [-0.1, -0.05) is 50.2 Å². The molecular formula is C32H39N5O3. The first kappa shape index (κ1) is 27.6. The van der Waals surface area contributed by atoms with Crippen LogP contribution < -0.4 is 10.6 Å². The fourth-order valence-electron chi connectivity index (χ4n) is 6.02. The summed E-state index contributed by atoms with van der Waals surface area (Å²) in [7, 11) is 0. The topological polar surface area (TPSA) is 96.3 Å². The number of carbonyl (C=O) groups is 3. The third-order valence-corrected chi connectivity index (χ3v) is 7.72. The zero-order chi connectivity index (χ0) is 28.6. The number of hydrogen-bond donors (Lipinski definition) is 2. The lowest BCUT2D eigenvalue weighted by molar-refractivity contribution is -0.158. The lowest BCUT2D eigenvalue weighted by atomic mass is 9.87. The lowest BCUT2D eigenvalue weighted by Gasteiger charge is -2.45. The Bertz CT molecular complexity index is 1370. The van der Waals surface area contributed by atoms with Gasteiger partial charge in [0.1, 0.15) is 18.1 Å². The average molecular weight is 542 g/mol. The molecule has 2 N–H and O–H groups in total. The van der Waals surface area contributed by atoms with Gasteiger partial charge in [0, 0.05) is 23.6 Å². The number of aromatic nitrogens is 2. The van der Waals surface area contributed by atoms with Crippen molar-refractivity contribution in [2.75, 3.05) is 0 Å². The van der Waals surface area contributed by atoms with E-state index in [1.807, 2.05) is 81.8 Å². The van der Waals surface area contributed by atoms with Gasteiger partial charge in [0.2, 0.25) is 17.7 Å². The van der Waals surface area contributed by atoms with Crippen molar-refractivity contribution in [2.24, 2.45) is 11.8 Å². The van der Waals surface area contributed by atoms with Gasteiger partial charge in [-0.2, -0.15) is 0 Å². The summed E-state index contributed by atoms with van der Waals surface area (Å²) in [6.07, 6.45) is 7.10. The van der Waals surface area contributed by atoms with Crippen LogP contribution >= 0.6 is 0 Å². The van der Waals surface area contributed by atoms with Crippen LogP contribution in [0.25, 0.3) is 5.69 Å². The third kappa shape index (κ3) is 5.67. The quantitative estimate of drug-likeness (QED) is 0.473. The highest BCUT2D eigenvalue weighted by molar-refractivity contribution is 6.00. The maximum atomic E-state index is 14.5. The average Bonchev–Trinajstić information content (AvgIpc) is 3.57. The summed E-state index contributed by atoms with van der Waals surface area (Å²) in [6.45, 7) is 9.80. The Morgan fingerprint density at radius 2 is 1.77 bits per heavy atom. The zero-order valence-electron chi connectivity index (χ0n) is 23.9. The molecule has 210 valence electrons. The molecule has 5 rings (SSSR count). The minimum atomic E-state index is -0.976. The second kappa shape index (κ2) is 10.9. The van der Waals surface area contributed by atoms with Crippen LogP contribution in [0.1, 0.15) is 63.8 Å². The summed E-state index contributed by atoms with van der Waals surface area (Å²) in [6, 6.07) is 13.3. The zero-order valence-corrected chi connectivity index (χ0v) is 23.9. The highest BCUT2D eigenvalue weighted by Gasteiger charge is 2.49. The Hall–Kier alpha value is -3.94. The van der Waals surface area contributed by atoms with Gasteiger partial charge >= 0.3 is 0 Å². The van der Waals surface area contributed by atoms with Crippen molar-refractivity contribution in [3.8, 4) is 5.69 Å². The van der Waals surface area contributed by atoms with E-state index in [0.717, 1.165) is 5.69 Å². The molecule has 3 atom stereocenters. The highest BCUT2D eigenvalue weighted by Crippen LogP contribution is 2.36. The maximum absolute atomic E-state index is 14.5. The number of nitrogens with one attached hydrogen (secondary N) is 2. The number of piperazine rings is 1. The van der Waals surface area contributed by atoms with Gasteiger partial charge in [-0.05, 0) is 80.7 Å². The monoisotopic (exact) mass is 541 g/mol. The summed E-state index contributed by atoms with van der Waals surface area (Å²) >= 11 is 0. The summed E-state index contributed by atoms with van der Waals surface area (Å²) < 4.78 is 1.86. The van der Waals surface area contributed by atoms with E-state index in [9.17, 15) is 14.4 Å². The molecule has 1 aromatic heterocycles. The molecule has 2 heterocycles. The first-order valence-electron chi connectivity index (χ1n) is 14.1. The predicted octanol–water partition coefficient (Wildman–Crippen LogP) is 3.98. The van der Waals surface area contributed by atoms with Crippen LogP contribution in [0.15, 0.2) is 67.3 Å². The number of amides is 3. The number of carbonyl (C=O) groups excluding carboxylic acids is 3. The van der Waals surface area contributed by atoms with E-state index in [0.29, 0.717) is 24.8 Å². The second-order valence-electron chi connectivity index (χ2n) is 12.5. The van der Waals surface area contributed by atoms with Crippen LogP contribution in [-0.2, 0) is 27.2 Å². The summed E-state index contributed by atoms with van der Waals surface area (Å²) in [4.78, 5) is 48.1. The Morgan fingerprint density at radius 3 is 2.38 bits per heavy atom. The normalized spacial score (nSPS) is 20.4. The van der Waals surface area contributed by atoms with Crippen molar-refractivity contribution in [2.45, 2.75) is 77.5 Å². The van der Waals surface area contributed by atoms with Crippen molar-refractivity contribution < 1.29 is 14.4 Å². The Labute approximate surface area is 236 Å². The van der Waals surface area contributed by atoms with Crippen LogP contribution in [-0.4, -0.2) is 49.8 Å². The molecular weight excluding hydrogens is 502 g/mol. The van der Waals surface area contributed by atoms with Crippen molar-refractivity contribution in [1.29, 1.82) is 0 Å². The fraction of sp³-hybridized carbons (Fsp3) is 0.438. The van der Waals surface area contributed by atoms with E-state index >= 15 is 0 Å². The van der Waals surface area contributed by atoms with Gasteiger partial charge in [0.15, 0.2) is 0 Å². The number of imidazole rings is 1. The van der Waals surface area contributed by atoms with Crippen LogP contribution in [0, 0.1) is 11.8 Å². The number of hydrogen-bond acceptors (Lipinski definition) is 4. The molecule has 3 amide bonds. The molecule has 8 heteroatoms. The molecule has 1 fully saturated rings. The fourth-order valence-corrected chi connectivity index (χ4v) is 6.02. The van der Waals surface area contributed by atoms with E-state index in [1.165, 1.54) is 11.1 Å². The number of fused-ring (bicyclic) bond motifs is 1. The number of rotatable bonds is 7. The van der Waals surface area contributed by atoms with Gasteiger partial charge in [0.05, 0.1) is 6.33 Å². The molecule has 1 unspecified atom stereocenters. The van der Waals surface area contributed by atoms with Crippen molar-refractivity contribution in [1.82, 2.24) is 25.1 Å². The standard InChI is InChI=1S/C32H39N5O3/c1-20(2)15-26-29(38)34-27(24-16-21-9-6-7-10-22(21)17-24)31(40)37(26)28(30(39)35-32(3,4)5)23-11-8-12-25(18-23)36-14-13-33-19-36/h6-14,18-20,24,26-28H,15-17H2,1-5H3,(H,34,38)(H,35,39)/t26-,27?,28-/m1/s1. The molecule has 1 aliphatic heterocycles. The van der Waals surface area contributed by atoms with Crippen LogP contribution in [0.2, 0.25) is 0 Å². The predicted molar refractivity (Wildman–Crippen MR) is 154 cm³/mol. The Morgan fingerprint density at radius 1 is 1.07 bits per heavy atom. The molecule has 8 nitrogen and oxygen atoms in total. The van der Waals surface area contributed by atoms with Gasteiger partial charge in [-0.25, -0.2) is 4.98 Å². The molecule has 3 aromatic rings. The maximum Gasteiger partial charge on any atom is 0.247 e. The third-order valence-electron chi connectivity index (χ3n) is 7.72. The van der Waals surface area contributed by atoms with Crippen molar-refractivity contribution >= 4 is 17.7 Å². The minimum Gasteiger partial charge on any atom is -0.349 e. The van der Waals surface area contributed by atoms with Gasteiger partial charge < -0.3 is 20.1 Å². The SMILES string of the molecule is CC(C)C[C@@H]1C(=O)NC(C2Cc3ccccc3C2)C(=O)N1[C@@H](C(=O)NC(C)(C)C)c1cccc(-n2ccnc2)c1. The molecule has 1 saturated heterocycles. The molecule has 2 aliphatic rings. The second-order valence-corrected chi connectivity index (χ2v) is 12.5. The van der Waals surface area contributed by atoms with Crippen molar-refractivity contribution in [3.63, 3.8) is 0 Å². The minimum absolute atomic E-state index is 0.0695. The summed E-state index contributed by atoms with van der Waals surface area (Å²) in [5.41, 5.74) is 3.36. The van der Waals surface area contributed by atoms with Crippen LogP contribution in [0.4, 0.5) is 0 Å². The van der Waals surface area contributed by atoms with E-state index in [4.69, 9.17) is 0 Å². The van der Waals surface area contributed by atoms with Gasteiger partial charge in [-0.3, -0.25) is 14.4 Å². The van der Waals surface area contributed by atoms with E-state index in [2.05, 4.69) is 27.8 Å². The molecule has 0 bridgehead atoms. The first-order valence-corrected chi connectivity index (χ1v) is 14.1. The Balaban J connectivity index is 1.58. The molecule has 0 saturated carbocycles. The first-order chi connectivity index (χ1) is 19.0. The smallest absolute Gasteiger partial charge is 0.247 e. The molecule has 40 heavy (non-hydrogen) atoms. The summed E-state index contributed by atoms with van der Waals surface area (Å²) in [5.74, 6) is -0.638.